The average Bonchev–Trinajstić information content (AvgIpc) is 2.83. The van der Waals surface area contributed by atoms with Gasteiger partial charge in [0, 0.05) is 10.0 Å². The van der Waals surface area contributed by atoms with Crippen molar-refractivity contribution in [1.82, 2.24) is 5.43 Å². The molecule has 0 atom stereocenters. The fourth-order valence-electron chi connectivity index (χ4n) is 3.10. The van der Waals surface area contributed by atoms with Crippen molar-refractivity contribution in [2.45, 2.75) is 6.61 Å². The first-order valence-corrected chi connectivity index (χ1v) is 10.9. The van der Waals surface area contributed by atoms with Gasteiger partial charge in [0.05, 0.1) is 6.21 Å². The molecule has 0 aromatic heterocycles. The maximum absolute atomic E-state index is 12.1. The highest BCUT2D eigenvalue weighted by molar-refractivity contribution is 9.10. The smallest absolute Gasteiger partial charge is 0.277 e. The molecule has 0 radical (unpaired) electrons. The third kappa shape index (κ3) is 5.95. The lowest BCUT2D eigenvalue weighted by Gasteiger charge is -2.10. The zero-order chi connectivity index (χ0) is 22.2. The van der Waals surface area contributed by atoms with Crippen molar-refractivity contribution in [3.05, 3.63) is 107 Å². The largest absolute Gasteiger partial charge is 0.488 e. The molecule has 0 bridgehead atoms. The fraction of sp³-hybridized carbons (Fsp3) is 0.0769. The van der Waals surface area contributed by atoms with E-state index < -0.39 is 0 Å². The summed E-state index contributed by atoms with van der Waals surface area (Å²) in [6, 6.07) is 29.2. The van der Waals surface area contributed by atoms with Crippen molar-refractivity contribution in [3.63, 3.8) is 0 Å². The number of carbonyl (C=O) groups excluding carboxylic acids is 1. The number of amides is 1. The van der Waals surface area contributed by atoms with Crippen molar-refractivity contribution < 1.29 is 14.3 Å². The van der Waals surface area contributed by atoms with E-state index in [1.807, 2.05) is 91.0 Å². The Morgan fingerprint density at radius 2 is 1.66 bits per heavy atom. The summed E-state index contributed by atoms with van der Waals surface area (Å²) < 4.78 is 12.4. The number of hydrogen-bond acceptors (Lipinski definition) is 4. The fourth-order valence-corrected chi connectivity index (χ4v) is 3.48. The van der Waals surface area contributed by atoms with Gasteiger partial charge in [-0.15, -0.1) is 0 Å². The second-order valence-corrected chi connectivity index (χ2v) is 7.96. The normalized spacial score (nSPS) is 10.9. The molecule has 32 heavy (non-hydrogen) atoms. The minimum absolute atomic E-state index is 0.133. The van der Waals surface area contributed by atoms with Crippen LogP contribution in [-0.4, -0.2) is 18.7 Å². The van der Waals surface area contributed by atoms with Crippen LogP contribution in [0.25, 0.3) is 10.8 Å². The molecule has 4 aromatic carbocycles. The molecule has 1 amide bonds. The third-order valence-corrected chi connectivity index (χ3v) is 5.19. The minimum atomic E-state index is -0.351. The van der Waals surface area contributed by atoms with Crippen molar-refractivity contribution in [2.24, 2.45) is 5.10 Å². The number of ether oxygens (including phenoxy) is 2. The molecule has 6 heteroatoms. The molecule has 1 N–H and O–H groups in total. The number of halogens is 1. The van der Waals surface area contributed by atoms with Gasteiger partial charge in [0.25, 0.3) is 5.91 Å². The van der Waals surface area contributed by atoms with Crippen LogP contribution in [0.5, 0.6) is 11.5 Å². The number of fused-ring (bicyclic) bond motifs is 1. The van der Waals surface area contributed by atoms with E-state index in [-0.39, 0.29) is 12.5 Å². The number of rotatable bonds is 8. The molecule has 0 aliphatic heterocycles. The summed E-state index contributed by atoms with van der Waals surface area (Å²) in [5, 5.41) is 6.23. The highest BCUT2D eigenvalue weighted by atomic mass is 79.9. The van der Waals surface area contributed by atoms with Crippen LogP contribution in [0, 0.1) is 0 Å². The van der Waals surface area contributed by atoms with Gasteiger partial charge in [-0.2, -0.15) is 5.10 Å². The van der Waals surface area contributed by atoms with Gasteiger partial charge in [0.2, 0.25) is 0 Å². The minimum Gasteiger partial charge on any atom is -0.488 e. The van der Waals surface area contributed by atoms with E-state index in [4.69, 9.17) is 9.47 Å². The summed E-state index contributed by atoms with van der Waals surface area (Å²) in [6.07, 6.45) is 1.55. The molecule has 0 heterocycles. The van der Waals surface area contributed by atoms with Crippen molar-refractivity contribution in [1.29, 1.82) is 0 Å². The molecule has 0 spiro atoms. The molecule has 0 saturated carbocycles. The number of hydrogen-bond donors (Lipinski definition) is 1. The molecular formula is C26H21BrN2O3. The van der Waals surface area contributed by atoms with E-state index in [0.29, 0.717) is 18.1 Å². The van der Waals surface area contributed by atoms with Crippen molar-refractivity contribution >= 4 is 38.8 Å². The Balaban J connectivity index is 1.33. The Kier molecular flexibility index (Phi) is 7.15. The van der Waals surface area contributed by atoms with Gasteiger partial charge in [-0.25, -0.2) is 5.43 Å². The van der Waals surface area contributed by atoms with Crippen molar-refractivity contribution in [3.8, 4) is 11.5 Å². The molecule has 4 rings (SSSR count). The van der Waals surface area contributed by atoms with Gasteiger partial charge >= 0.3 is 0 Å². The monoisotopic (exact) mass is 488 g/mol. The zero-order valence-corrected chi connectivity index (χ0v) is 18.8. The highest BCUT2D eigenvalue weighted by Crippen LogP contribution is 2.23. The summed E-state index contributed by atoms with van der Waals surface area (Å²) in [5.41, 5.74) is 4.30. The molecule has 4 aromatic rings. The second kappa shape index (κ2) is 10.6. The summed E-state index contributed by atoms with van der Waals surface area (Å²) in [5.74, 6) is 0.949. The number of benzene rings is 4. The highest BCUT2D eigenvalue weighted by Gasteiger charge is 2.05. The van der Waals surface area contributed by atoms with Crippen LogP contribution in [0.15, 0.2) is 101 Å². The summed E-state index contributed by atoms with van der Waals surface area (Å²) >= 11 is 3.46. The van der Waals surface area contributed by atoms with E-state index in [0.717, 1.165) is 26.4 Å². The molecule has 160 valence electrons. The van der Waals surface area contributed by atoms with Gasteiger partial charge in [0.1, 0.15) is 18.1 Å². The van der Waals surface area contributed by atoms with E-state index in [9.17, 15) is 4.79 Å². The summed E-state index contributed by atoms with van der Waals surface area (Å²) in [4.78, 5) is 12.1. The van der Waals surface area contributed by atoms with Gasteiger partial charge in [0.15, 0.2) is 6.61 Å². The first-order valence-electron chi connectivity index (χ1n) is 10.1. The Bertz CT molecular complexity index is 1240. The molecular weight excluding hydrogens is 468 g/mol. The zero-order valence-electron chi connectivity index (χ0n) is 17.2. The first-order chi connectivity index (χ1) is 15.7. The number of carbonyl (C=O) groups is 1. The maximum atomic E-state index is 12.1. The Morgan fingerprint density at radius 1 is 0.875 bits per heavy atom. The number of hydrazone groups is 1. The van der Waals surface area contributed by atoms with E-state index >= 15 is 0 Å². The average molecular weight is 489 g/mol. The van der Waals surface area contributed by atoms with Crippen molar-refractivity contribution in [2.75, 3.05) is 6.61 Å². The standard InChI is InChI=1S/C26H21BrN2O3/c27-23-11-13-25(32-17-19-6-2-1-3-7-19)22(14-23)16-28-29-26(30)18-31-24-12-10-20-8-4-5-9-21(20)15-24/h1-16H,17-18H2,(H,29,30)/b28-16+. The predicted molar refractivity (Wildman–Crippen MR) is 130 cm³/mol. The molecule has 5 nitrogen and oxygen atoms in total. The predicted octanol–water partition coefficient (Wildman–Crippen LogP) is 5.71. The van der Waals surface area contributed by atoms with Gasteiger partial charge in [-0.1, -0.05) is 76.6 Å². The van der Waals surface area contributed by atoms with Gasteiger partial charge in [-0.3, -0.25) is 4.79 Å². The molecule has 0 saturated heterocycles. The number of nitrogens with one attached hydrogen (secondary N) is 1. The third-order valence-electron chi connectivity index (χ3n) is 4.69. The van der Waals surface area contributed by atoms with Crippen LogP contribution in [0.4, 0.5) is 0 Å². The Labute approximate surface area is 194 Å². The lowest BCUT2D eigenvalue weighted by molar-refractivity contribution is -0.123. The topological polar surface area (TPSA) is 59.9 Å². The molecule has 0 fully saturated rings. The quantitative estimate of drug-likeness (QED) is 0.255. The lowest BCUT2D eigenvalue weighted by Crippen LogP contribution is -2.24. The van der Waals surface area contributed by atoms with E-state index in [2.05, 4.69) is 26.5 Å². The van der Waals surface area contributed by atoms with Crippen LogP contribution in [0.3, 0.4) is 0 Å². The lowest BCUT2D eigenvalue weighted by atomic mass is 10.1. The van der Waals surface area contributed by atoms with E-state index in [1.54, 1.807) is 6.21 Å². The Hall–Kier alpha value is -3.64. The summed E-state index contributed by atoms with van der Waals surface area (Å²) in [7, 11) is 0. The molecule has 0 aliphatic rings. The Morgan fingerprint density at radius 3 is 2.50 bits per heavy atom. The molecule has 0 aliphatic carbocycles. The van der Waals surface area contributed by atoms with Crippen LogP contribution in [-0.2, 0) is 11.4 Å². The maximum Gasteiger partial charge on any atom is 0.277 e. The van der Waals surface area contributed by atoms with Gasteiger partial charge in [-0.05, 0) is 46.7 Å². The van der Waals surface area contributed by atoms with E-state index in [1.165, 1.54) is 0 Å². The summed E-state index contributed by atoms with van der Waals surface area (Å²) in [6.45, 7) is 0.306. The van der Waals surface area contributed by atoms with Crippen LogP contribution in [0.2, 0.25) is 0 Å². The molecule has 0 unspecified atom stereocenters. The van der Waals surface area contributed by atoms with Gasteiger partial charge < -0.3 is 9.47 Å². The van der Waals surface area contributed by atoms with Crippen LogP contribution < -0.4 is 14.9 Å². The SMILES string of the molecule is O=C(COc1ccc2ccccc2c1)N/N=C/c1cc(Br)ccc1OCc1ccccc1. The van der Waals surface area contributed by atoms with Crippen LogP contribution in [0.1, 0.15) is 11.1 Å². The van der Waals surface area contributed by atoms with Crippen LogP contribution >= 0.6 is 15.9 Å². The first kappa shape index (κ1) is 21.6. The second-order valence-electron chi connectivity index (χ2n) is 7.05. The number of nitrogens with zero attached hydrogens (tertiary/aromatic N) is 1.